The Morgan fingerprint density at radius 1 is 1.03 bits per heavy atom. The van der Waals surface area contributed by atoms with Crippen molar-refractivity contribution in [3.8, 4) is 6.07 Å². The molecule has 0 atom stereocenters. The Kier molecular flexibility index (Phi) is 8.96. The number of carbonyl (C=O) groups is 1. The molecule has 0 spiro atoms. The second kappa shape index (κ2) is 12.4. The molecule has 3 aromatic carbocycles. The minimum Gasteiger partial charge on any atom is -0.307 e. The van der Waals surface area contributed by atoms with Crippen molar-refractivity contribution in [2.75, 3.05) is 18.5 Å². The molecule has 1 aliphatic carbocycles. The largest absolute Gasteiger partial charge is 0.307 e. The molecule has 1 aliphatic rings. The number of nitrogens with zero attached hydrogens (tertiary/aromatic N) is 3. The summed E-state index contributed by atoms with van der Waals surface area (Å²) < 4.78 is 29.2. The lowest BCUT2D eigenvalue weighted by atomic mass is 9.84. The maximum absolute atomic E-state index is 13.9. The molecule has 4 rings (SSSR count). The molecular weight excluding hydrogens is 488 g/mol. The molecule has 0 N–H and O–H groups in total. The van der Waals surface area contributed by atoms with E-state index in [9.17, 15) is 13.6 Å². The maximum Gasteiger partial charge on any atom is 0.242 e. The summed E-state index contributed by atoms with van der Waals surface area (Å²) in [6.45, 7) is 2.47. The maximum atomic E-state index is 13.9. The average molecular weight is 520 g/mol. The highest BCUT2D eigenvalue weighted by molar-refractivity contribution is 7.97. The molecule has 0 unspecified atom stereocenters. The van der Waals surface area contributed by atoms with Gasteiger partial charge in [0.05, 0.1) is 18.7 Å². The molecule has 1 amide bonds. The number of halogens is 2. The highest BCUT2D eigenvalue weighted by atomic mass is 32.2. The van der Waals surface area contributed by atoms with Gasteiger partial charge in [0, 0.05) is 10.6 Å². The zero-order valence-electron chi connectivity index (χ0n) is 21.2. The number of carbonyl (C=O) groups excluding carboxylic acids is 1. The molecule has 1 saturated carbocycles. The zero-order chi connectivity index (χ0) is 26.4. The summed E-state index contributed by atoms with van der Waals surface area (Å²) in [4.78, 5) is 15.6. The normalized spacial score (nSPS) is 13.9. The van der Waals surface area contributed by atoms with E-state index in [0.29, 0.717) is 17.4 Å². The average Bonchev–Trinajstić information content (AvgIpc) is 2.90. The Morgan fingerprint density at radius 2 is 1.70 bits per heavy atom. The molecular formula is C30H31F2N3OS. The molecule has 4 nitrogen and oxygen atoms in total. The van der Waals surface area contributed by atoms with Crippen molar-refractivity contribution in [2.45, 2.75) is 56.4 Å². The van der Waals surface area contributed by atoms with Crippen LogP contribution in [0, 0.1) is 29.9 Å². The van der Waals surface area contributed by atoms with Gasteiger partial charge in [0.2, 0.25) is 5.91 Å². The van der Waals surface area contributed by atoms with Crippen LogP contribution in [0.3, 0.4) is 0 Å². The highest BCUT2D eigenvalue weighted by Crippen LogP contribution is 2.33. The monoisotopic (exact) mass is 519 g/mol. The first kappa shape index (κ1) is 26.8. The van der Waals surface area contributed by atoms with Crippen LogP contribution in [0.1, 0.15) is 60.3 Å². The van der Waals surface area contributed by atoms with Crippen molar-refractivity contribution in [3.63, 3.8) is 0 Å². The van der Waals surface area contributed by atoms with E-state index in [1.54, 1.807) is 22.3 Å². The van der Waals surface area contributed by atoms with Gasteiger partial charge in [0.25, 0.3) is 0 Å². The van der Waals surface area contributed by atoms with Crippen molar-refractivity contribution < 1.29 is 13.6 Å². The van der Waals surface area contributed by atoms with Crippen molar-refractivity contribution in [3.05, 3.63) is 94.6 Å². The summed E-state index contributed by atoms with van der Waals surface area (Å²) >= 11 is 1.09. The molecule has 0 saturated heterocycles. The van der Waals surface area contributed by atoms with Crippen LogP contribution in [0.5, 0.6) is 0 Å². The van der Waals surface area contributed by atoms with Crippen LogP contribution in [-0.2, 0) is 11.3 Å². The summed E-state index contributed by atoms with van der Waals surface area (Å²) in [6.07, 6.45) is 6.38. The molecule has 0 heterocycles. The highest BCUT2D eigenvalue weighted by Gasteiger charge is 2.21. The first-order valence-electron chi connectivity index (χ1n) is 12.6. The molecule has 0 bridgehead atoms. The molecule has 0 aromatic heterocycles. The van der Waals surface area contributed by atoms with Gasteiger partial charge in [0.1, 0.15) is 6.07 Å². The summed E-state index contributed by atoms with van der Waals surface area (Å²) in [5.74, 6) is -1.75. The van der Waals surface area contributed by atoms with Gasteiger partial charge in [-0.05, 0) is 80.1 Å². The molecule has 1 fully saturated rings. The molecule has 0 aliphatic heterocycles. The fourth-order valence-corrected chi connectivity index (χ4v) is 5.61. The van der Waals surface area contributed by atoms with E-state index in [2.05, 4.69) is 24.3 Å². The van der Waals surface area contributed by atoms with E-state index >= 15 is 0 Å². The summed E-state index contributed by atoms with van der Waals surface area (Å²) in [5, 5.41) is 9.06. The van der Waals surface area contributed by atoms with Gasteiger partial charge in [-0.1, -0.05) is 61.2 Å². The third-order valence-corrected chi connectivity index (χ3v) is 7.67. The van der Waals surface area contributed by atoms with E-state index in [1.165, 1.54) is 43.7 Å². The number of rotatable bonds is 8. The fourth-order valence-electron chi connectivity index (χ4n) is 4.75. The number of nitriles is 1. The van der Waals surface area contributed by atoms with E-state index in [-0.39, 0.29) is 18.0 Å². The third kappa shape index (κ3) is 6.97. The van der Waals surface area contributed by atoms with Gasteiger partial charge in [-0.3, -0.25) is 4.79 Å². The number of amides is 1. The van der Waals surface area contributed by atoms with E-state index in [1.807, 2.05) is 31.2 Å². The summed E-state index contributed by atoms with van der Waals surface area (Å²) in [5.41, 5.74) is 3.96. The number of likely N-dealkylation sites (N-methyl/N-ethyl adjacent to an activating group) is 1. The number of benzene rings is 3. The van der Waals surface area contributed by atoms with Crippen molar-refractivity contribution in [1.29, 1.82) is 5.26 Å². The smallest absolute Gasteiger partial charge is 0.242 e. The predicted octanol–water partition coefficient (Wildman–Crippen LogP) is 7.36. The SMILES string of the molecule is Cc1ccc(N(Cc2ccc(C3CCCCC3)cc2)C(=O)CN(C)Sc2cc(F)c(F)c(C#N)c2)cc1. The van der Waals surface area contributed by atoms with Crippen LogP contribution >= 0.6 is 11.9 Å². The first-order chi connectivity index (χ1) is 17.8. The minimum atomic E-state index is -1.16. The quantitative estimate of drug-likeness (QED) is 0.292. The van der Waals surface area contributed by atoms with E-state index in [0.717, 1.165) is 34.8 Å². The molecule has 37 heavy (non-hydrogen) atoms. The van der Waals surface area contributed by atoms with Crippen molar-refractivity contribution in [2.24, 2.45) is 0 Å². The summed E-state index contributed by atoms with van der Waals surface area (Å²) in [6, 6.07) is 20.4. The number of hydrogen-bond donors (Lipinski definition) is 0. The van der Waals surface area contributed by atoms with Gasteiger partial charge in [0.15, 0.2) is 11.6 Å². The number of anilines is 1. The van der Waals surface area contributed by atoms with Gasteiger partial charge in [-0.2, -0.15) is 5.26 Å². The van der Waals surface area contributed by atoms with Crippen LogP contribution in [0.2, 0.25) is 0 Å². The number of hydrogen-bond acceptors (Lipinski definition) is 4. The Hall–Kier alpha value is -3.21. The van der Waals surface area contributed by atoms with Crippen molar-refractivity contribution >= 4 is 23.5 Å². The van der Waals surface area contributed by atoms with E-state index in [4.69, 9.17) is 5.26 Å². The van der Waals surface area contributed by atoms with Gasteiger partial charge in [-0.25, -0.2) is 13.1 Å². The number of aryl methyl sites for hydroxylation is 1. The van der Waals surface area contributed by atoms with Crippen LogP contribution in [0.4, 0.5) is 14.5 Å². The zero-order valence-corrected chi connectivity index (χ0v) is 22.0. The van der Waals surface area contributed by atoms with Gasteiger partial charge in [-0.15, -0.1) is 0 Å². The topological polar surface area (TPSA) is 47.3 Å². The predicted molar refractivity (Wildman–Crippen MR) is 144 cm³/mol. The Bertz CT molecular complexity index is 1270. The van der Waals surface area contributed by atoms with E-state index < -0.39 is 11.6 Å². The second-order valence-electron chi connectivity index (χ2n) is 9.65. The van der Waals surface area contributed by atoms with Crippen molar-refractivity contribution in [1.82, 2.24) is 4.31 Å². The van der Waals surface area contributed by atoms with Gasteiger partial charge < -0.3 is 4.90 Å². The third-order valence-electron chi connectivity index (χ3n) is 6.79. The van der Waals surface area contributed by atoms with Crippen LogP contribution in [0.25, 0.3) is 0 Å². The molecule has 192 valence electrons. The van der Waals surface area contributed by atoms with Crippen LogP contribution in [-0.4, -0.2) is 23.8 Å². The first-order valence-corrected chi connectivity index (χ1v) is 13.4. The standard InChI is InChI=1S/C30H31F2N3OS/c1-21-8-14-26(15-9-21)35(19-22-10-12-24(13-11-22)23-6-4-3-5-7-23)29(36)20-34(2)37-27-16-25(18-33)30(32)28(31)17-27/h8-17,23H,3-7,19-20H2,1-2H3. The van der Waals surface area contributed by atoms with Crippen LogP contribution < -0.4 is 4.90 Å². The lowest BCUT2D eigenvalue weighted by molar-refractivity contribution is -0.118. The van der Waals surface area contributed by atoms with Crippen LogP contribution in [0.15, 0.2) is 65.6 Å². The second-order valence-corrected chi connectivity index (χ2v) is 10.9. The summed E-state index contributed by atoms with van der Waals surface area (Å²) in [7, 11) is 1.71. The fraction of sp³-hybridized carbons (Fsp3) is 0.333. The molecule has 7 heteroatoms. The Morgan fingerprint density at radius 3 is 2.35 bits per heavy atom. The lowest BCUT2D eigenvalue weighted by Crippen LogP contribution is -2.36. The molecule has 3 aromatic rings. The minimum absolute atomic E-state index is 0.0413. The van der Waals surface area contributed by atoms with Gasteiger partial charge >= 0.3 is 0 Å². The molecule has 0 radical (unpaired) electrons. The Labute approximate surface area is 222 Å². The lowest BCUT2D eigenvalue weighted by Gasteiger charge is -2.26. The Balaban J connectivity index is 1.49.